The zero-order valence-corrected chi connectivity index (χ0v) is 18.9. The van der Waals surface area contributed by atoms with Crippen molar-refractivity contribution < 1.29 is 23.9 Å². The van der Waals surface area contributed by atoms with Gasteiger partial charge in [0.05, 0.1) is 17.3 Å². The fourth-order valence-corrected chi connectivity index (χ4v) is 5.99. The third-order valence-corrected chi connectivity index (χ3v) is 7.70. The first-order valence-electron chi connectivity index (χ1n) is 9.98. The first-order chi connectivity index (χ1) is 15.1. The topological polar surface area (TPSA) is 81.7 Å². The molecule has 1 atom stereocenters. The molecule has 0 unspecified atom stereocenters. The highest BCUT2D eigenvalue weighted by Gasteiger charge is 2.23. The SMILES string of the molecule is COC(=O)[C@@H](Cc1ccccc1)NC(=O)COC(=O)c1ccc(C2SCCCS2)cc1. The second kappa shape index (κ2) is 11.8. The molecule has 31 heavy (non-hydrogen) atoms. The van der Waals surface area contributed by atoms with Crippen LogP contribution in [0.3, 0.4) is 0 Å². The Labute approximate surface area is 190 Å². The van der Waals surface area contributed by atoms with Gasteiger partial charge in [0.1, 0.15) is 6.04 Å². The normalized spacial score (nSPS) is 15.0. The summed E-state index contributed by atoms with van der Waals surface area (Å²) in [5, 5.41) is 2.58. The van der Waals surface area contributed by atoms with Crippen molar-refractivity contribution >= 4 is 41.4 Å². The summed E-state index contributed by atoms with van der Waals surface area (Å²) in [5.41, 5.74) is 2.44. The van der Waals surface area contributed by atoms with Crippen molar-refractivity contribution in [2.75, 3.05) is 25.2 Å². The fraction of sp³-hybridized carbons (Fsp3) is 0.348. The molecule has 1 amide bonds. The van der Waals surface area contributed by atoms with Crippen LogP contribution in [0.5, 0.6) is 0 Å². The number of carbonyl (C=O) groups excluding carboxylic acids is 3. The van der Waals surface area contributed by atoms with Crippen LogP contribution in [0.25, 0.3) is 0 Å². The van der Waals surface area contributed by atoms with Gasteiger partial charge >= 0.3 is 11.9 Å². The zero-order valence-electron chi connectivity index (χ0n) is 17.2. The van der Waals surface area contributed by atoms with Gasteiger partial charge in [-0.15, -0.1) is 23.5 Å². The van der Waals surface area contributed by atoms with E-state index in [-0.39, 0.29) is 6.42 Å². The maximum atomic E-state index is 12.3. The number of ether oxygens (including phenoxy) is 2. The van der Waals surface area contributed by atoms with E-state index in [1.165, 1.54) is 19.1 Å². The molecule has 0 bridgehead atoms. The molecule has 0 aromatic heterocycles. The van der Waals surface area contributed by atoms with Crippen molar-refractivity contribution in [3.8, 4) is 0 Å². The van der Waals surface area contributed by atoms with Gasteiger partial charge in [0.25, 0.3) is 5.91 Å². The van der Waals surface area contributed by atoms with Crippen LogP contribution in [0.4, 0.5) is 0 Å². The number of thioether (sulfide) groups is 2. The number of carbonyl (C=O) groups is 3. The zero-order chi connectivity index (χ0) is 22.1. The van der Waals surface area contributed by atoms with Gasteiger partial charge in [0, 0.05) is 6.42 Å². The van der Waals surface area contributed by atoms with E-state index >= 15 is 0 Å². The molecule has 0 aliphatic carbocycles. The van der Waals surface area contributed by atoms with Crippen LogP contribution in [0.2, 0.25) is 0 Å². The van der Waals surface area contributed by atoms with Crippen LogP contribution < -0.4 is 5.32 Å². The third kappa shape index (κ3) is 7.04. The summed E-state index contributed by atoms with van der Waals surface area (Å²) in [6.45, 7) is -0.475. The monoisotopic (exact) mass is 459 g/mol. The number of rotatable bonds is 8. The maximum Gasteiger partial charge on any atom is 0.338 e. The number of hydrogen-bond donors (Lipinski definition) is 1. The van der Waals surface area contributed by atoms with E-state index in [2.05, 4.69) is 5.32 Å². The molecule has 1 N–H and O–H groups in total. The Morgan fingerprint density at radius 2 is 1.71 bits per heavy atom. The largest absolute Gasteiger partial charge is 0.467 e. The van der Waals surface area contributed by atoms with E-state index in [9.17, 15) is 14.4 Å². The lowest BCUT2D eigenvalue weighted by atomic mass is 10.1. The molecule has 8 heteroatoms. The smallest absolute Gasteiger partial charge is 0.338 e. The van der Waals surface area contributed by atoms with Crippen LogP contribution in [0.15, 0.2) is 54.6 Å². The van der Waals surface area contributed by atoms with Gasteiger partial charge in [-0.05, 0) is 41.2 Å². The second-order valence-corrected chi connectivity index (χ2v) is 9.68. The number of methoxy groups -OCH3 is 1. The van der Waals surface area contributed by atoms with Gasteiger partial charge in [-0.3, -0.25) is 4.79 Å². The van der Waals surface area contributed by atoms with Gasteiger partial charge in [-0.2, -0.15) is 0 Å². The van der Waals surface area contributed by atoms with E-state index in [1.807, 2.05) is 66.0 Å². The van der Waals surface area contributed by atoms with Gasteiger partial charge in [0.2, 0.25) is 0 Å². The summed E-state index contributed by atoms with van der Waals surface area (Å²) >= 11 is 3.82. The van der Waals surface area contributed by atoms with Crippen molar-refractivity contribution in [2.24, 2.45) is 0 Å². The minimum Gasteiger partial charge on any atom is -0.467 e. The average Bonchev–Trinajstić information content (AvgIpc) is 2.83. The Balaban J connectivity index is 1.51. The Hall–Kier alpha value is -2.45. The first kappa shape index (κ1) is 23.2. The molecule has 3 rings (SSSR count). The number of esters is 2. The van der Waals surface area contributed by atoms with Gasteiger partial charge in [0.15, 0.2) is 6.61 Å². The maximum absolute atomic E-state index is 12.3. The number of hydrogen-bond acceptors (Lipinski definition) is 7. The Kier molecular flexibility index (Phi) is 8.85. The highest BCUT2D eigenvalue weighted by atomic mass is 32.2. The standard InChI is InChI=1S/C23H25NO5S2/c1-28-22(27)19(14-16-6-3-2-4-7-16)24-20(25)15-29-21(26)17-8-10-18(11-9-17)23-30-12-5-13-31-23/h2-4,6-11,19,23H,5,12-15H2,1H3,(H,24,25)/t19-/m1/s1. The summed E-state index contributed by atoms with van der Waals surface area (Å²) in [7, 11) is 1.26. The molecule has 0 radical (unpaired) electrons. The summed E-state index contributed by atoms with van der Waals surface area (Å²) in [6, 6.07) is 15.7. The number of benzene rings is 2. The van der Waals surface area contributed by atoms with Crippen LogP contribution in [-0.4, -0.2) is 49.1 Å². The van der Waals surface area contributed by atoms with Crippen LogP contribution in [-0.2, 0) is 25.5 Å². The van der Waals surface area contributed by atoms with E-state index in [0.717, 1.165) is 17.1 Å². The molecular formula is C23H25NO5S2. The van der Waals surface area contributed by atoms with Crippen LogP contribution in [0.1, 0.15) is 32.5 Å². The lowest BCUT2D eigenvalue weighted by molar-refractivity contribution is -0.145. The van der Waals surface area contributed by atoms with Gasteiger partial charge in [-0.1, -0.05) is 42.5 Å². The third-order valence-electron chi connectivity index (χ3n) is 4.68. The Morgan fingerprint density at radius 3 is 2.35 bits per heavy atom. The van der Waals surface area contributed by atoms with Crippen molar-refractivity contribution in [3.05, 3.63) is 71.3 Å². The van der Waals surface area contributed by atoms with Crippen molar-refractivity contribution in [1.29, 1.82) is 0 Å². The summed E-state index contributed by atoms with van der Waals surface area (Å²) in [5.74, 6) is 0.591. The van der Waals surface area contributed by atoms with Crippen molar-refractivity contribution in [3.63, 3.8) is 0 Å². The van der Waals surface area contributed by atoms with Crippen LogP contribution >= 0.6 is 23.5 Å². The van der Waals surface area contributed by atoms with Crippen LogP contribution in [0, 0.1) is 0 Å². The van der Waals surface area contributed by atoms with Gasteiger partial charge in [-0.25, -0.2) is 9.59 Å². The predicted octanol–water partition coefficient (Wildman–Crippen LogP) is 3.61. The molecule has 1 heterocycles. The van der Waals surface area contributed by atoms with E-state index < -0.39 is 30.5 Å². The molecule has 2 aromatic rings. The second-order valence-electron chi connectivity index (χ2n) is 6.96. The number of amides is 1. The molecule has 164 valence electrons. The minimum atomic E-state index is -0.858. The molecule has 1 fully saturated rings. The number of nitrogens with one attached hydrogen (secondary N) is 1. The molecule has 2 aromatic carbocycles. The molecule has 1 aliphatic heterocycles. The Morgan fingerprint density at radius 1 is 1.03 bits per heavy atom. The molecular weight excluding hydrogens is 434 g/mol. The summed E-state index contributed by atoms with van der Waals surface area (Å²) in [4.78, 5) is 36.6. The molecule has 0 saturated carbocycles. The fourth-order valence-electron chi connectivity index (χ4n) is 3.09. The van der Waals surface area contributed by atoms with Crippen molar-refractivity contribution in [2.45, 2.75) is 23.5 Å². The lowest BCUT2D eigenvalue weighted by Crippen LogP contribution is -2.44. The van der Waals surface area contributed by atoms with E-state index in [0.29, 0.717) is 10.1 Å². The minimum absolute atomic E-state index is 0.284. The average molecular weight is 460 g/mol. The summed E-state index contributed by atoms with van der Waals surface area (Å²) in [6.07, 6.45) is 1.51. The lowest BCUT2D eigenvalue weighted by Gasteiger charge is -2.21. The Bertz CT molecular complexity index is 883. The van der Waals surface area contributed by atoms with Crippen molar-refractivity contribution in [1.82, 2.24) is 5.32 Å². The van der Waals surface area contributed by atoms with E-state index in [1.54, 1.807) is 12.1 Å². The highest BCUT2D eigenvalue weighted by Crippen LogP contribution is 2.43. The molecule has 6 nitrogen and oxygen atoms in total. The molecule has 0 spiro atoms. The highest BCUT2D eigenvalue weighted by molar-refractivity contribution is 8.16. The van der Waals surface area contributed by atoms with Gasteiger partial charge < -0.3 is 14.8 Å². The van der Waals surface area contributed by atoms with E-state index in [4.69, 9.17) is 9.47 Å². The summed E-state index contributed by atoms with van der Waals surface area (Å²) < 4.78 is 10.3. The molecule has 1 aliphatic rings. The predicted molar refractivity (Wildman–Crippen MR) is 123 cm³/mol. The quantitative estimate of drug-likeness (QED) is 0.604. The first-order valence-corrected chi connectivity index (χ1v) is 12.1. The molecule has 1 saturated heterocycles.